The third kappa shape index (κ3) is 2.51. The van der Waals surface area contributed by atoms with Gasteiger partial charge in [0.2, 0.25) is 0 Å². The molecule has 0 heterocycles. The van der Waals surface area contributed by atoms with Crippen LogP contribution in [0.25, 0.3) is 0 Å². The smallest absolute Gasteiger partial charge is 0.0241 e. The highest BCUT2D eigenvalue weighted by molar-refractivity contribution is 5.11. The van der Waals surface area contributed by atoms with Crippen LogP contribution in [0.15, 0.2) is 0 Å². The number of hydrogen-bond donors (Lipinski definition) is 0. The molecular weight excluding hydrogens is 300 g/mol. The van der Waals surface area contributed by atoms with E-state index >= 15 is 0 Å². The van der Waals surface area contributed by atoms with E-state index in [1.807, 2.05) is 0 Å². The van der Waals surface area contributed by atoms with Crippen LogP contribution >= 0.6 is 0 Å². The Morgan fingerprint density at radius 2 is 1.60 bits per heavy atom. The molecule has 0 N–H and O–H groups in total. The Morgan fingerprint density at radius 1 is 0.840 bits per heavy atom. The largest absolute Gasteiger partial charge is 0.0654 e. The average Bonchev–Trinajstić information content (AvgIpc) is 2.93. The molecule has 0 aromatic carbocycles. The molecule has 4 aliphatic carbocycles. The molecule has 0 aliphatic heterocycles. The Hall–Kier alpha value is 0. The fourth-order valence-electron chi connectivity index (χ4n) is 9.24. The summed E-state index contributed by atoms with van der Waals surface area (Å²) in [6.45, 7) is 13.1. The maximum absolute atomic E-state index is 2.73. The van der Waals surface area contributed by atoms with Gasteiger partial charge in [-0.3, -0.25) is 0 Å². The molecule has 0 amide bonds. The van der Waals surface area contributed by atoms with Crippen LogP contribution in [0, 0.1) is 45.8 Å². The summed E-state index contributed by atoms with van der Waals surface area (Å²) in [5.74, 6) is 5.14. The molecule has 0 spiro atoms. The van der Waals surface area contributed by atoms with Gasteiger partial charge in [0, 0.05) is 0 Å². The monoisotopic (exact) mass is 344 g/mol. The zero-order valence-electron chi connectivity index (χ0n) is 17.9. The van der Waals surface area contributed by atoms with Crippen LogP contribution in [0.3, 0.4) is 0 Å². The minimum Gasteiger partial charge on any atom is -0.0654 e. The second-order valence-corrected chi connectivity index (χ2v) is 11.6. The first kappa shape index (κ1) is 18.4. The molecule has 4 rings (SSSR count). The fraction of sp³-hybridized carbons (Fsp3) is 1.00. The van der Waals surface area contributed by atoms with Gasteiger partial charge in [0.15, 0.2) is 0 Å². The van der Waals surface area contributed by atoms with E-state index < -0.39 is 0 Å². The molecule has 0 saturated heterocycles. The Kier molecular flexibility index (Phi) is 4.61. The van der Waals surface area contributed by atoms with Gasteiger partial charge in [-0.05, 0) is 97.2 Å². The van der Waals surface area contributed by atoms with E-state index in [9.17, 15) is 0 Å². The van der Waals surface area contributed by atoms with Gasteiger partial charge in [-0.25, -0.2) is 0 Å². The molecule has 4 aliphatic rings. The minimum atomic E-state index is 0.655. The SMILES string of the molecule is CCCC(C)C1CCC2C3CCC4(C)CCCCC4(C)C3CCC12C. The Balaban J connectivity index is 1.60. The summed E-state index contributed by atoms with van der Waals surface area (Å²) in [6.07, 6.45) is 18.2. The van der Waals surface area contributed by atoms with Crippen LogP contribution in [0.2, 0.25) is 0 Å². The summed E-state index contributed by atoms with van der Waals surface area (Å²) in [5.41, 5.74) is 1.99. The van der Waals surface area contributed by atoms with Crippen LogP contribution in [0.1, 0.15) is 112 Å². The van der Waals surface area contributed by atoms with Crippen LogP contribution in [-0.2, 0) is 0 Å². The molecule has 0 radical (unpaired) electrons. The lowest BCUT2D eigenvalue weighted by atomic mass is 9.40. The molecule has 4 saturated carbocycles. The zero-order chi connectivity index (χ0) is 17.9. The van der Waals surface area contributed by atoms with E-state index in [0.717, 1.165) is 29.6 Å². The van der Waals surface area contributed by atoms with E-state index in [-0.39, 0.29) is 0 Å². The van der Waals surface area contributed by atoms with E-state index in [2.05, 4.69) is 34.6 Å². The molecule has 144 valence electrons. The van der Waals surface area contributed by atoms with Crippen molar-refractivity contribution in [1.29, 1.82) is 0 Å². The van der Waals surface area contributed by atoms with Crippen molar-refractivity contribution in [2.75, 3.05) is 0 Å². The van der Waals surface area contributed by atoms with Gasteiger partial charge in [-0.15, -0.1) is 0 Å². The van der Waals surface area contributed by atoms with E-state index in [1.165, 1.54) is 44.9 Å². The molecule has 8 atom stereocenters. The summed E-state index contributed by atoms with van der Waals surface area (Å²) in [7, 11) is 0. The highest BCUT2D eigenvalue weighted by Crippen LogP contribution is 2.71. The molecule has 0 aromatic heterocycles. The topological polar surface area (TPSA) is 0 Å². The number of rotatable bonds is 3. The normalized spacial score (nSPS) is 53.6. The summed E-state index contributed by atoms with van der Waals surface area (Å²) >= 11 is 0. The fourth-order valence-corrected chi connectivity index (χ4v) is 9.24. The van der Waals surface area contributed by atoms with Crippen molar-refractivity contribution in [3.8, 4) is 0 Å². The first-order valence-electron chi connectivity index (χ1n) is 11.9. The first-order valence-corrected chi connectivity index (χ1v) is 11.9. The zero-order valence-corrected chi connectivity index (χ0v) is 17.9. The van der Waals surface area contributed by atoms with E-state index in [0.29, 0.717) is 16.2 Å². The summed E-state index contributed by atoms with van der Waals surface area (Å²) in [4.78, 5) is 0. The molecule has 0 nitrogen and oxygen atoms in total. The predicted molar refractivity (Wildman–Crippen MR) is 109 cm³/mol. The van der Waals surface area contributed by atoms with Crippen molar-refractivity contribution in [3.05, 3.63) is 0 Å². The number of fused-ring (bicyclic) bond motifs is 5. The average molecular weight is 345 g/mol. The molecule has 4 fully saturated rings. The van der Waals surface area contributed by atoms with Gasteiger partial charge in [0.1, 0.15) is 0 Å². The standard InChI is InChI=1S/C25H44/c1-6-9-18(2)20-10-11-21-19-12-16-23(3)14-7-8-15-25(23,5)22(19)13-17-24(20,21)4/h18-22H,6-17H2,1-5H3. The maximum Gasteiger partial charge on any atom is -0.0241 e. The van der Waals surface area contributed by atoms with Crippen LogP contribution in [0.4, 0.5) is 0 Å². The van der Waals surface area contributed by atoms with Crippen molar-refractivity contribution in [3.63, 3.8) is 0 Å². The van der Waals surface area contributed by atoms with Gasteiger partial charge < -0.3 is 0 Å². The minimum absolute atomic E-state index is 0.655. The van der Waals surface area contributed by atoms with Crippen LogP contribution in [0.5, 0.6) is 0 Å². The van der Waals surface area contributed by atoms with Crippen molar-refractivity contribution >= 4 is 0 Å². The third-order valence-corrected chi connectivity index (χ3v) is 10.8. The molecular formula is C25H44. The second-order valence-electron chi connectivity index (χ2n) is 11.6. The Labute approximate surface area is 157 Å². The van der Waals surface area contributed by atoms with Crippen molar-refractivity contribution < 1.29 is 0 Å². The lowest BCUT2D eigenvalue weighted by molar-refractivity contribution is -0.154. The lowest BCUT2D eigenvalue weighted by Gasteiger charge is -2.65. The first-order chi connectivity index (χ1) is 11.9. The van der Waals surface area contributed by atoms with Crippen molar-refractivity contribution in [2.24, 2.45) is 45.8 Å². The van der Waals surface area contributed by atoms with Gasteiger partial charge in [-0.2, -0.15) is 0 Å². The molecule has 25 heavy (non-hydrogen) atoms. The number of hydrogen-bond acceptors (Lipinski definition) is 0. The molecule has 0 bridgehead atoms. The maximum atomic E-state index is 2.73. The van der Waals surface area contributed by atoms with Crippen molar-refractivity contribution in [2.45, 2.75) is 112 Å². The quantitative estimate of drug-likeness (QED) is 0.488. The highest BCUT2D eigenvalue weighted by Gasteiger charge is 2.62. The van der Waals surface area contributed by atoms with Crippen LogP contribution < -0.4 is 0 Å². The van der Waals surface area contributed by atoms with Gasteiger partial charge >= 0.3 is 0 Å². The van der Waals surface area contributed by atoms with Gasteiger partial charge in [0.05, 0.1) is 0 Å². The van der Waals surface area contributed by atoms with Gasteiger partial charge in [-0.1, -0.05) is 60.3 Å². The third-order valence-electron chi connectivity index (χ3n) is 10.8. The second kappa shape index (κ2) is 6.27. The Bertz CT molecular complexity index is 494. The summed E-state index contributed by atoms with van der Waals surface area (Å²) < 4.78 is 0. The molecule has 0 aromatic rings. The highest BCUT2D eigenvalue weighted by atomic mass is 14.7. The van der Waals surface area contributed by atoms with E-state index in [1.54, 1.807) is 32.1 Å². The summed E-state index contributed by atoms with van der Waals surface area (Å²) in [5, 5.41) is 0. The van der Waals surface area contributed by atoms with Crippen molar-refractivity contribution in [1.82, 2.24) is 0 Å². The van der Waals surface area contributed by atoms with E-state index in [4.69, 9.17) is 0 Å². The summed E-state index contributed by atoms with van der Waals surface area (Å²) in [6, 6.07) is 0. The van der Waals surface area contributed by atoms with Gasteiger partial charge in [0.25, 0.3) is 0 Å². The Morgan fingerprint density at radius 3 is 2.36 bits per heavy atom. The molecule has 0 heteroatoms. The lowest BCUT2D eigenvalue weighted by Crippen LogP contribution is -2.56. The van der Waals surface area contributed by atoms with Crippen LogP contribution in [-0.4, -0.2) is 0 Å². The molecule has 8 unspecified atom stereocenters. The predicted octanol–water partition coefficient (Wildman–Crippen LogP) is 7.86.